The Morgan fingerprint density at radius 2 is 2.08 bits per heavy atom. The number of thioether (sulfide) groups is 1. The molecule has 1 N–H and O–H groups in total. The number of fused-ring (bicyclic) bond motifs is 1. The van der Waals surface area contributed by atoms with E-state index < -0.39 is 0 Å². The fourth-order valence-corrected chi connectivity index (χ4v) is 3.89. The van der Waals surface area contributed by atoms with Crippen LogP contribution >= 0.6 is 24.0 Å². The summed E-state index contributed by atoms with van der Waals surface area (Å²) >= 11 is 6.27. The summed E-state index contributed by atoms with van der Waals surface area (Å²) in [4.78, 5) is 12.4. The second-order valence-electron chi connectivity index (χ2n) is 5.74. The molecule has 2 aromatic carbocycles. The summed E-state index contributed by atoms with van der Waals surface area (Å²) in [6.45, 7) is 0.605. The van der Waals surface area contributed by atoms with Gasteiger partial charge in [-0.15, -0.1) is 0 Å². The molecule has 0 radical (unpaired) electrons. The number of thiocarbonyl (C=S) groups is 1. The number of hydrogen-bond acceptors (Lipinski definition) is 3. The van der Waals surface area contributed by atoms with Crippen molar-refractivity contribution in [2.24, 2.45) is 0 Å². The maximum atomic E-state index is 13.4. The fourth-order valence-electron chi connectivity index (χ4n) is 2.85. The van der Waals surface area contributed by atoms with E-state index in [2.05, 4.69) is 9.88 Å². The van der Waals surface area contributed by atoms with Crippen molar-refractivity contribution in [2.45, 2.75) is 6.54 Å². The number of carbonyl (C=O) groups excluding carboxylic acids is 1. The first-order valence-corrected chi connectivity index (χ1v) is 8.89. The molecule has 1 saturated heterocycles. The molecular weight excluding hydrogens is 355 g/mol. The van der Waals surface area contributed by atoms with Gasteiger partial charge in [-0.05, 0) is 47.5 Å². The van der Waals surface area contributed by atoms with E-state index in [-0.39, 0.29) is 11.7 Å². The Morgan fingerprint density at radius 3 is 2.84 bits per heavy atom. The zero-order valence-electron chi connectivity index (χ0n) is 13.0. The minimum absolute atomic E-state index is 0.154. The van der Waals surface area contributed by atoms with Gasteiger partial charge in [0.15, 0.2) is 0 Å². The molecule has 3 nitrogen and oxygen atoms in total. The molecule has 0 spiro atoms. The first-order valence-electron chi connectivity index (χ1n) is 7.67. The summed E-state index contributed by atoms with van der Waals surface area (Å²) in [6.07, 6.45) is 3.82. The lowest BCUT2D eigenvalue weighted by molar-refractivity contribution is -0.115. The maximum absolute atomic E-state index is 13.4. The normalized spacial score (nSPS) is 16.0. The highest BCUT2D eigenvalue weighted by atomic mass is 32.2. The van der Waals surface area contributed by atoms with Crippen LogP contribution < -0.4 is 5.32 Å². The molecule has 0 atom stereocenters. The van der Waals surface area contributed by atoms with Crippen molar-refractivity contribution in [1.29, 1.82) is 0 Å². The largest absolute Gasteiger partial charge is 0.343 e. The third-order valence-electron chi connectivity index (χ3n) is 3.98. The average Bonchev–Trinajstić information content (AvgIpc) is 3.10. The van der Waals surface area contributed by atoms with Gasteiger partial charge in [-0.25, -0.2) is 4.39 Å². The zero-order valence-corrected chi connectivity index (χ0v) is 14.7. The van der Waals surface area contributed by atoms with Crippen molar-refractivity contribution in [3.05, 3.63) is 76.6 Å². The molecule has 0 unspecified atom stereocenters. The highest BCUT2D eigenvalue weighted by Crippen LogP contribution is 2.27. The molecule has 0 saturated carbocycles. The van der Waals surface area contributed by atoms with Crippen LogP contribution in [0.15, 0.2) is 59.6 Å². The van der Waals surface area contributed by atoms with Crippen LogP contribution in [-0.2, 0) is 11.3 Å². The number of nitrogens with zero attached hydrogens (tertiary/aromatic N) is 1. The van der Waals surface area contributed by atoms with Crippen LogP contribution in [0, 0.1) is 5.82 Å². The zero-order chi connectivity index (χ0) is 17.4. The predicted octanol–water partition coefficient (Wildman–Crippen LogP) is 4.32. The van der Waals surface area contributed by atoms with E-state index in [9.17, 15) is 9.18 Å². The standard InChI is InChI=1S/C19H13FN2OS2/c20-15-3-1-2-13(9-15)11-22-7-6-14-8-12(4-5-16(14)22)10-17-18(23)21-19(24)25-17/h1-10H,11H2,(H,21,23,24)/b17-10-. The molecule has 1 aliphatic heterocycles. The molecular formula is C19H13FN2OS2. The lowest BCUT2D eigenvalue weighted by Crippen LogP contribution is -2.17. The Bertz CT molecular complexity index is 1040. The van der Waals surface area contributed by atoms with Gasteiger partial charge in [-0.1, -0.05) is 42.2 Å². The summed E-state index contributed by atoms with van der Waals surface area (Å²) < 4.78 is 15.9. The molecule has 3 aromatic rings. The number of hydrogen-bond donors (Lipinski definition) is 1. The van der Waals surface area contributed by atoms with Gasteiger partial charge in [0.1, 0.15) is 10.1 Å². The van der Waals surface area contributed by atoms with Crippen LogP contribution in [0.1, 0.15) is 11.1 Å². The SMILES string of the molecule is O=C1NC(=S)S/C1=C\c1ccc2c(ccn2Cc2cccc(F)c2)c1. The molecule has 1 amide bonds. The third-order valence-corrected chi connectivity index (χ3v) is 5.14. The molecule has 4 rings (SSSR count). The van der Waals surface area contributed by atoms with E-state index in [1.807, 2.05) is 42.6 Å². The predicted molar refractivity (Wildman–Crippen MR) is 104 cm³/mol. The molecule has 124 valence electrons. The van der Waals surface area contributed by atoms with Crippen molar-refractivity contribution in [1.82, 2.24) is 9.88 Å². The number of benzene rings is 2. The van der Waals surface area contributed by atoms with Crippen LogP contribution in [0.3, 0.4) is 0 Å². The van der Waals surface area contributed by atoms with Gasteiger partial charge in [0.2, 0.25) is 0 Å². The molecule has 1 aliphatic rings. The highest BCUT2D eigenvalue weighted by Gasteiger charge is 2.21. The molecule has 6 heteroatoms. The van der Waals surface area contributed by atoms with Gasteiger partial charge in [-0.3, -0.25) is 4.79 Å². The summed E-state index contributed by atoms with van der Waals surface area (Å²) in [5, 5.41) is 3.68. The first-order chi connectivity index (χ1) is 12.1. The fraction of sp³-hybridized carbons (Fsp3) is 0.0526. The lowest BCUT2D eigenvalue weighted by atomic mass is 10.1. The summed E-state index contributed by atoms with van der Waals surface area (Å²) in [6, 6.07) is 14.6. The van der Waals surface area contributed by atoms with E-state index in [1.165, 1.54) is 17.8 Å². The van der Waals surface area contributed by atoms with Crippen LogP contribution in [0.4, 0.5) is 4.39 Å². The number of amides is 1. The van der Waals surface area contributed by atoms with Gasteiger partial charge >= 0.3 is 0 Å². The van der Waals surface area contributed by atoms with Crippen LogP contribution in [0.5, 0.6) is 0 Å². The summed E-state index contributed by atoms with van der Waals surface area (Å²) in [5.41, 5.74) is 2.92. The number of nitrogens with one attached hydrogen (secondary N) is 1. The van der Waals surface area contributed by atoms with Crippen LogP contribution in [0.25, 0.3) is 17.0 Å². The van der Waals surface area contributed by atoms with Crippen molar-refractivity contribution in [2.75, 3.05) is 0 Å². The van der Waals surface area contributed by atoms with E-state index in [4.69, 9.17) is 12.2 Å². The Hall–Kier alpha value is -2.44. The minimum Gasteiger partial charge on any atom is -0.343 e. The van der Waals surface area contributed by atoms with E-state index in [0.29, 0.717) is 15.8 Å². The van der Waals surface area contributed by atoms with Crippen LogP contribution in [0.2, 0.25) is 0 Å². The number of carbonyl (C=O) groups is 1. The van der Waals surface area contributed by atoms with Crippen molar-refractivity contribution < 1.29 is 9.18 Å². The summed E-state index contributed by atoms with van der Waals surface area (Å²) in [7, 11) is 0. The van der Waals surface area contributed by atoms with Crippen LogP contribution in [-0.4, -0.2) is 14.8 Å². The number of halogens is 1. The lowest BCUT2D eigenvalue weighted by Gasteiger charge is -2.06. The number of aromatic nitrogens is 1. The first kappa shape index (κ1) is 16.1. The molecule has 1 fully saturated rings. The van der Waals surface area contributed by atoms with E-state index >= 15 is 0 Å². The quantitative estimate of drug-likeness (QED) is 0.552. The molecule has 1 aromatic heterocycles. The topological polar surface area (TPSA) is 34.0 Å². The molecule has 25 heavy (non-hydrogen) atoms. The molecule has 0 bridgehead atoms. The Labute approximate surface area is 153 Å². The van der Waals surface area contributed by atoms with Crippen molar-refractivity contribution >= 4 is 51.2 Å². The Kier molecular flexibility index (Phi) is 4.15. The molecule has 2 heterocycles. The van der Waals surface area contributed by atoms with Gasteiger partial charge in [0, 0.05) is 23.6 Å². The van der Waals surface area contributed by atoms with E-state index in [0.717, 1.165) is 22.0 Å². The number of rotatable bonds is 3. The van der Waals surface area contributed by atoms with Gasteiger partial charge < -0.3 is 9.88 Å². The van der Waals surface area contributed by atoms with E-state index in [1.54, 1.807) is 12.1 Å². The van der Waals surface area contributed by atoms with Gasteiger partial charge in [0.25, 0.3) is 5.91 Å². The monoisotopic (exact) mass is 368 g/mol. The molecule has 0 aliphatic carbocycles. The maximum Gasteiger partial charge on any atom is 0.263 e. The smallest absolute Gasteiger partial charge is 0.263 e. The van der Waals surface area contributed by atoms with Crippen molar-refractivity contribution in [3.63, 3.8) is 0 Å². The average molecular weight is 368 g/mol. The second-order valence-corrected chi connectivity index (χ2v) is 7.46. The highest BCUT2D eigenvalue weighted by molar-refractivity contribution is 8.26. The second kappa shape index (κ2) is 6.46. The van der Waals surface area contributed by atoms with Gasteiger partial charge in [-0.2, -0.15) is 0 Å². The Balaban J connectivity index is 1.64. The summed E-state index contributed by atoms with van der Waals surface area (Å²) in [5.74, 6) is -0.383. The van der Waals surface area contributed by atoms with Gasteiger partial charge in [0.05, 0.1) is 4.91 Å². The Morgan fingerprint density at radius 1 is 1.20 bits per heavy atom. The minimum atomic E-state index is -0.229. The third kappa shape index (κ3) is 3.36. The van der Waals surface area contributed by atoms with Crippen molar-refractivity contribution in [3.8, 4) is 0 Å².